The summed E-state index contributed by atoms with van der Waals surface area (Å²) in [5.74, 6) is 0.101. The molecule has 6 nitrogen and oxygen atoms in total. The largest absolute Gasteiger partial charge is 0.496 e. The van der Waals surface area contributed by atoms with Crippen molar-refractivity contribution >= 4 is 23.2 Å². The minimum absolute atomic E-state index is 0.192. The molecule has 1 aromatic carbocycles. The first-order valence-electron chi connectivity index (χ1n) is 6.77. The summed E-state index contributed by atoms with van der Waals surface area (Å²) in [6.45, 7) is 3.85. The molecule has 0 aliphatic rings. The number of nitrogens with one attached hydrogen (secondary N) is 1. The van der Waals surface area contributed by atoms with Crippen LogP contribution in [0.15, 0.2) is 18.3 Å². The summed E-state index contributed by atoms with van der Waals surface area (Å²) < 4.78 is 6.96. The lowest BCUT2D eigenvalue weighted by Crippen LogP contribution is -2.27. The Bertz CT molecular complexity index is 712. The fraction of sp³-hybridized carbons (Fsp3) is 0.333. The molecule has 0 aliphatic heterocycles. The van der Waals surface area contributed by atoms with Crippen LogP contribution in [0.2, 0.25) is 5.02 Å². The van der Waals surface area contributed by atoms with Gasteiger partial charge < -0.3 is 15.8 Å². The number of aryl methyl sites for hydroxylation is 1. The van der Waals surface area contributed by atoms with Gasteiger partial charge in [0.2, 0.25) is 0 Å². The Labute approximate surface area is 134 Å². The second-order valence-corrected chi connectivity index (χ2v) is 5.49. The molecule has 0 saturated carbocycles. The van der Waals surface area contributed by atoms with E-state index in [1.807, 2.05) is 20.9 Å². The van der Waals surface area contributed by atoms with Crippen molar-refractivity contribution in [3.63, 3.8) is 0 Å². The SMILES string of the molecule is COc1cc(N)c(Cl)cc1C(=O)NC(C)c1cnn(C)c1C. The maximum Gasteiger partial charge on any atom is 0.255 e. The highest BCUT2D eigenvalue weighted by Gasteiger charge is 2.19. The summed E-state index contributed by atoms with van der Waals surface area (Å²) in [5.41, 5.74) is 8.39. The van der Waals surface area contributed by atoms with Gasteiger partial charge >= 0.3 is 0 Å². The minimum Gasteiger partial charge on any atom is -0.496 e. The Balaban J connectivity index is 2.26. The predicted molar refractivity (Wildman–Crippen MR) is 86.2 cm³/mol. The minimum atomic E-state index is -0.283. The van der Waals surface area contributed by atoms with Crippen LogP contribution in [0.4, 0.5) is 5.69 Å². The number of nitrogens with zero attached hydrogens (tertiary/aromatic N) is 2. The van der Waals surface area contributed by atoms with Crippen molar-refractivity contribution in [2.45, 2.75) is 19.9 Å². The van der Waals surface area contributed by atoms with Gasteiger partial charge in [-0.25, -0.2) is 0 Å². The summed E-state index contributed by atoms with van der Waals surface area (Å²) in [4.78, 5) is 12.5. The molecule has 0 aliphatic carbocycles. The van der Waals surface area contributed by atoms with Crippen LogP contribution >= 0.6 is 11.6 Å². The van der Waals surface area contributed by atoms with Crippen molar-refractivity contribution in [3.05, 3.63) is 40.2 Å². The van der Waals surface area contributed by atoms with Crippen molar-refractivity contribution in [3.8, 4) is 5.75 Å². The van der Waals surface area contributed by atoms with Crippen molar-refractivity contribution in [1.82, 2.24) is 15.1 Å². The molecular weight excluding hydrogens is 304 g/mol. The molecule has 0 bridgehead atoms. The molecule has 1 aromatic heterocycles. The average Bonchev–Trinajstić information content (AvgIpc) is 2.81. The molecule has 7 heteroatoms. The molecule has 22 heavy (non-hydrogen) atoms. The van der Waals surface area contributed by atoms with Crippen LogP contribution in [0.3, 0.4) is 0 Å². The summed E-state index contributed by atoms with van der Waals surface area (Å²) in [7, 11) is 3.34. The first-order valence-corrected chi connectivity index (χ1v) is 7.15. The van der Waals surface area contributed by atoms with E-state index in [9.17, 15) is 4.79 Å². The molecule has 0 radical (unpaired) electrons. The predicted octanol–water partition coefficient (Wildman–Crippen LogP) is 2.46. The quantitative estimate of drug-likeness (QED) is 0.847. The van der Waals surface area contributed by atoms with Crippen molar-refractivity contribution in [2.75, 3.05) is 12.8 Å². The van der Waals surface area contributed by atoms with Crippen molar-refractivity contribution in [1.29, 1.82) is 0 Å². The number of nitrogens with two attached hydrogens (primary N) is 1. The Kier molecular flexibility index (Phi) is 4.61. The molecule has 3 N–H and O–H groups in total. The summed E-state index contributed by atoms with van der Waals surface area (Å²) in [6, 6.07) is 2.85. The van der Waals surface area contributed by atoms with Crippen LogP contribution in [0.25, 0.3) is 0 Å². The van der Waals surface area contributed by atoms with Crippen LogP contribution in [0.1, 0.15) is 34.6 Å². The highest BCUT2D eigenvalue weighted by molar-refractivity contribution is 6.33. The summed E-state index contributed by atoms with van der Waals surface area (Å²) in [5, 5.41) is 7.41. The number of hydrogen-bond donors (Lipinski definition) is 2. The zero-order valence-electron chi connectivity index (χ0n) is 13.0. The van der Waals surface area contributed by atoms with Crippen LogP contribution in [0, 0.1) is 6.92 Å². The number of benzene rings is 1. The molecule has 0 saturated heterocycles. The Morgan fingerprint density at radius 1 is 1.50 bits per heavy atom. The molecule has 2 rings (SSSR count). The third-order valence-corrected chi connectivity index (χ3v) is 3.98. The van der Waals surface area contributed by atoms with E-state index >= 15 is 0 Å². The molecule has 0 fully saturated rings. The third-order valence-electron chi connectivity index (χ3n) is 3.65. The first-order chi connectivity index (χ1) is 10.3. The maximum absolute atomic E-state index is 12.5. The number of ether oxygens (including phenoxy) is 1. The van der Waals surface area contributed by atoms with E-state index in [-0.39, 0.29) is 11.9 Å². The van der Waals surface area contributed by atoms with Crippen LogP contribution < -0.4 is 15.8 Å². The Morgan fingerprint density at radius 3 is 2.73 bits per heavy atom. The Hall–Kier alpha value is -2.21. The van der Waals surface area contributed by atoms with Gasteiger partial charge in [0.15, 0.2) is 0 Å². The Morgan fingerprint density at radius 2 is 2.18 bits per heavy atom. The average molecular weight is 323 g/mol. The molecule has 1 amide bonds. The van der Waals surface area contributed by atoms with Gasteiger partial charge in [-0.15, -0.1) is 0 Å². The van der Waals surface area contributed by atoms with Crippen LogP contribution in [0.5, 0.6) is 5.75 Å². The van der Waals surface area contributed by atoms with Crippen LogP contribution in [-0.2, 0) is 7.05 Å². The number of anilines is 1. The van der Waals surface area contributed by atoms with Crippen molar-refractivity contribution in [2.24, 2.45) is 7.05 Å². The summed E-state index contributed by atoms with van der Waals surface area (Å²) in [6.07, 6.45) is 1.74. The van der Waals surface area contributed by atoms with E-state index in [1.165, 1.54) is 19.2 Å². The molecule has 118 valence electrons. The lowest BCUT2D eigenvalue weighted by Gasteiger charge is -2.16. The van der Waals surface area contributed by atoms with E-state index in [0.717, 1.165) is 11.3 Å². The molecular formula is C15H19ClN4O2. The first kappa shape index (κ1) is 16.2. The smallest absolute Gasteiger partial charge is 0.255 e. The molecule has 0 spiro atoms. The maximum atomic E-state index is 12.5. The fourth-order valence-corrected chi connectivity index (χ4v) is 2.37. The topological polar surface area (TPSA) is 82.2 Å². The highest BCUT2D eigenvalue weighted by Crippen LogP contribution is 2.29. The number of carbonyl (C=O) groups excluding carboxylic acids is 1. The summed E-state index contributed by atoms with van der Waals surface area (Å²) >= 11 is 6.00. The van der Waals surface area contributed by atoms with E-state index in [2.05, 4.69) is 10.4 Å². The molecule has 2 aromatic rings. The number of halogens is 1. The number of hydrogen-bond acceptors (Lipinski definition) is 4. The van der Waals surface area contributed by atoms with Gasteiger partial charge in [0.1, 0.15) is 5.75 Å². The number of carbonyl (C=O) groups is 1. The van der Waals surface area contributed by atoms with Gasteiger partial charge in [0.05, 0.1) is 35.6 Å². The normalized spacial score (nSPS) is 12.0. The van der Waals surface area contributed by atoms with Gasteiger partial charge in [0, 0.05) is 24.4 Å². The fourth-order valence-electron chi connectivity index (χ4n) is 2.21. The van der Waals surface area contributed by atoms with Gasteiger partial charge in [-0.05, 0) is 19.9 Å². The second kappa shape index (κ2) is 6.27. The second-order valence-electron chi connectivity index (χ2n) is 5.08. The lowest BCUT2D eigenvalue weighted by atomic mass is 10.1. The zero-order valence-corrected chi connectivity index (χ0v) is 13.7. The monoisotopic (exact) mass is 322 g/mol. The number of aromatic nitrogens is 2. The molecule has 1 unspecified atom stereocenters. The van der Waals surface area contributed by atoms with E-state index in [0.29, 0.717) is 22.0 Å². The number of rotatable bonds is 4. The van der Waals surface area contributed by atoms with Gasteiger partial charge in [-0.3, -0.25) is 9.48 Å². The van der Waals surface area contributed by atoms with E-state index in [1.54, 1.807) is 10.9 Å². The van der Waals surface area contributed by atoms with Gasteiger partial charge in [-0.1, -0.05) is 11.6 Å². The van der Waals surface area contributed by atoms with Gasteiger partial charge in [0.25, 0.3) is 5.91 Å². The third kappa shape index (κ3) is 3.01. The number of nitrogen functional groups attached to an aromatic ring is 1. The lowest BCUT2D eigenvalue weighted by molar-refractivity contribution is 0.0937. The standard InChI is InChI=1S/C15H19ClN4O2/c1-8(11-7-18-20(3)9(11)2)19-15(21)10-5-12(16)13(17)6-14(10)22-4/h5-8H,17H2,1-4H3,(H,19,21). The van der Waals surface area contributed by atoms with E-state index < -0.39 is 0 Å². The highest BCUT2D eigenvalue weighted by atomic mass is 35.5. The molecule has 1 heterocycles. The molecule has 1 atom stereocenters. The zero-order chi connectivity index (χ0) is 16.4. The number of amides is 1. The van der Waals surface area contributed by atoms with Crippen LogP contribution in [-0.4, -0.2) is 22.8 Å². The van der Waals surface area contributed by atoms with E-state index in [4.69, 9.17) is 22.1 Å². The van der Waals surface area contributed by atoms with Gasteiger partial charge in [-0.2, -0.15) is 5.10 Å². The number of methoxy groups -OCH3 is 1. The van der Waals surface area contributed by atoms with Crippen molar-refractivity contribution < 1.29 is 9.53 Å².